The number of likely N-dealkylation sites (tertiary alicyclic amines) is 1. The number of aliphatic carboxylic acids is 1. The Balaban J connectivity index is 1.67. The molecule has 2 atom stereocenters. The largest absolute Gasteiger partial charge is 0.481 e. The van der Waals surface area contributed by atoms with Crippen molar-refractivity contribution in [1.82, 2.24) is 10.2 Å². The van der Waals surface area contributed by atoms with Gasteiger partial charge < -0.3 is 15.3 Å². The summed E-state index contributed by atoms with van der Waals surface area (Å²) in [6.07, 6.45) is 2.12. The van der Waals surface area contributed by atoms with Gasteiger partial charge in [-0.25, -0.2) is 0 Å². The van der Waals surface area contributed by atoms with Crippen molar-refractivity contribution in [2.24, 2.45) is 5.92 Å². The molecule has 112 valence electrons. The van der Waals surface area contributed by atoms with E-state index in [1.165, 1.54) is 11.1 Å². The van der Waals surface area contributed by atoms with Crippen molar-refractivity contribution < 1.29 is 14.7 Å². The van der Waals surface area contributed by atoms with Gasteiger partial charge in [-0.05, 0) is 30.4 Å². The molecule has 0 bridgehead atoms. The lowest BCUT2D eigenvalue weighted by Crippen LogP contribution is -2.52. The number of benzene rings is 1. The molecule has 1 amide bonds. The minimum absolute atomic E-state index is 0.0375. The number of carboxylic acid groups (broad SMARTS) is 1. The van der Waals surface area contributed by atoms with Crippen molar-refractivity contribution in [3.05, 3.63) is 35.4 Å². The maximum Gasteiger partial charge on any atom is 0.308 e. The summed E-state index contributed by atoms with van der Waals surface area (Å²) in [6, 6.07) is 7.90. The van der Waals surface area contributed by atoms with Gasteiger partial charge in [-0.1, -0.05) is 24.3 Å². The highest BCUT2D eigenvalue weighted by molar-refractivity contribution is 5.83. The molecule has 2 heterocycles. The fraction of sp³-hybridized carbons (Fsp3) is 0.500. The Kier molecular flexibility index (Phi) is 3.92. The molecule has 0 spiro atoms. The predicted octanol–water partition coefficient (Wildman–Crippen LogP) is 1.02. The number of nitrogens with one attached hydrogen (secondary N) is 1. The molecule has 1 aromatic carbocycles. The minimum atomic E-state index is -0.797. The maximum absolute atomic E-state index is 12.6. The fourth-order valence-electron chi connectivity index (χ4n) is 3.23. The summed E-state index contributed by atoms with van der Waals surface area (Å²) in [7, 11) is 0. The number of carbonyl (C=O) groups is 2. The van der Waals surface area contributed by atoms with Crippen molar-refractivity contribution in [1.29, 1.82) is 0 Å². The van der Waals surface area contributed by atoms with Crippen LogP contribution in [-0.2, 0) is 22.6 Å². The molecule has 5 heteroatoms. The molecule has 1 saturated heterocycles. The topological polar surface area (TPSA) is 69.6 Å². The van der Waals surface area contributed by atoms with Crippen LogP contribution in [0.3, 0.4) is 0 Å². The molecule has 21 heavy (non-hydrogen) atoms. The van der Waals surface area contributed by atoms with Crippen LogP contribution in [0.15, 0.2) is 24.3 Å². The lowest BCUT2D eigenvalue weighted by molar-refractivity contribution is -0.146. The summed E-state index contributed by atoms with van der Waals surface area (Å²) >= 11 is 0. The third-order valence-electron chi connectivity index (χ3n) is 4.46. The van der Waals surface area contributed by atoms with E-state index in [1.54, 1.807) is 4.90 Å². The molecule has 2 aliphatic rings. The number of piperidine rings is 1. The van der Waals surface area contributed by atoms with Gasteiger partial charge in [0.05, 0.1) is 12.0 Å². The number of rotatable bonds is 2. The third kappa shape index (κ3) is 2.93. The predicted molar refractivity (Wildman–Crippen MR) is 77.7 cm³/mol. The van der Waals surface area contributed by atoms with E-state index in [2.05, 4.69) is 17.4 Å². The second-order valence-electron chi connectivity index (χ2n) is 5.87. The normalized spacial score (nSPS) is 25.2. The standard InChI is InChI=1S/C16H20N2O3/c19-15(18-7-3-6-13(10-18)16(20)21)14-8-11-4-1-2-5-12(11)9-17-14/h1-2,4-5,13-14,17H,3,6-10H2,(H,20,21)/t13?,14-/m1/s1. The summed E-state index contributed by atoms with van der Waals surface area (Å²) < 4.78 is 0. The molecule has 2 N–H and O–H groups in total. The number of amides is 1. The van der Waals surface area contributed by atoms with Crippen LogP contribution in [0.4, 0.5) is 0 Å². The number of carbonyl (C=O) groups excluding carboxylic acids is 1. The van der Waals surface area contributed by atoms with Gasteiger partial charge in [-0.15, -0.1) is 0 Å². The van der Waals surface area contributed by atoms with E-state index in [-0.39, 0.29) is 11.9 Å². The first kappa shape index (κ1) is 14.1. The highest BCUT2D eigenvalue weighted by atomic mass is 16.4. The molecule has 1 unspecified atom stereocenters. The Morgan fingerprint density at radius 1 is 1.24 bits per heavy atom. The zero-order chi connectivity index (χ0) is 14.8. The first-order chi connectivity index (χ1) is 10.1. The molecule has 1 fully saturated rings. The number of nitrogens with zero attached hydrogens (tertiary/aromatic N) is 1. The summed E-state index contributed by atoms with van der Waals surface area (Å²) in [5.41, 5.74) is 2.45. The van der Waals surface area contributed by atoms with Gasteiger partial charge >= 0.3 is 5.97 Å². The fourth-order valence-corrected chi connectivity index (χ4v) is 3.23. The van der Waals surface area contributed by atoms with Crippen LogP contribution in [-0.4, -0.2) is 41.0 Å². The molecular weight excluding hydrogens is 268 g/mol. The summed E-state index contributed by atoms with van der Waals surface area (Å²) in [5.74, 6) is -1.18. The van der Waals surface area contributed by atoms with Gasteiger partial charge in [0.25, 0.3) is 0 Å². The van der Waals surface area contributed by atoms with Crippen molar-refractivity contribution in [3.63, 3.8) is 0 Å². The zero-order valence-electron chi connectivity index (χ0n) is 11.9. The number of hydrogen-bond donors (Lipinski definition) is 2. The van der Waals surface area contributed by atoms with E-state index < -0.39 is 11.9 Å². The second kappa shape index (κ2) is 5.85. The Morgan fingerprint density at radius 3 is 2.76 bits per heavy atom. The first-order valence-electron chi connectivity index (χ1n) is 7.47. The van der Waals surface area contributed by atoms with Gasteiger partial charge in [-0.2, -0.15) is 0 Å². The van der Waals surface area contributed by atoms with Crippen molar-refractivity contribution in [2.75, 3.05) is 13.1 Å². The average molecular weight is 288 g/mol. The van der Waals surface area contributed by atoms with E-state index >= 15 is 0 Å². The van der Waals surface area contributed by atoms with Crippen LogP contribution >= 0.6 is 0 Å². The number of hydrogen-bond acceptors (Lipinski definition) is 3. The van der Waals surface area contributed by atoms with Gasteiger partial charge in [-0.3, -0.25) is 9.59 Å². The zero-order valence-corrected chi connectivity index (χ0v) is 11.9. The number of fused-ring (bicyclic) bond motifs is 1. The lowest BCUT2D eigenvalue weighted by atomic mass is 9.93. The smallest absolute Gasteiger partial charge is 0.308 e. The Hall–Kier alpha value is -1.88. The average Bonchev–Trinajstić information content (AvgIpc) is 2.53. The van der Waals surface area contributed by atoms with E-state index in [4.69, 9.17) is 5.11 Å². The summed E-state index contributed by atoms with van der Waals surface area (Å²) in [4.78, 5) is 25.4. The van der Waals surface area contributed by atoms with E-state index in [1.807, 2.05) is 12.1 Å². The van der Waals surface area contributed by atoms with E-state index in [0.29, 0.717) is 32.5 Å². The van der Waals surface area contributed by atoms with Gasteiger partial charge in [0, 0.05) is 19.6 Å². The molecule has 0 saturated carbocycles. The minimum Gasteiger partial charge on any atom is -0.481 e. The third-order valence-corrected chi connectivity index (χ3v) is 4.46. The van der Waals surface area contributed by atoms with Crippen molar-refractivity contribution >= 4 is 11.9 Å². The monoisotopic (exact) mass is 288 g/mol. The molecule has 5 nitrogen and oxygen atoms in total. The van der Waals surface area contributed by atoms with Crippen LogP contribution in [0.5, 0.6) is 0 Å². The molecule has 0 aromatic heterocycles. The molecular formula is C16H20N2O3. The molecule has 3 rings (SSSR count). The van der Waals surface area contributed by atoms with Crippen LogP contribution in [0.1, 0.15) is 24.0 Å². The van der Waals surface area contributed by atoms with Crippen molar-refractivity contribution in [3.8, 4) is 0 Å². The molecule has 0 aliphatic carbocycles. The summed E-state index contributed by atoms with van der Waals surface area (Å²) in [6.45, 7) is 1.71. The van der Waals surface area contributed by atoms with Crippen molar-refractivity contribution in [2.45, 2.75) is 31.8 Å². The van der Waals surface area contributed by atoms with Gasteiger partial charge in [0.15, 0.2) is 0 Å². The van der Waals surface area contributed by atoms with Crippen LogP contribution in [0.25, 0.3) is 0 Å². The lowest BCUT2D eigenvalue weighted by Gasteiger charge is -2.35. The Bertz CT molecular complexity index is 558. The quantitative estimate of drug-likeness (QED) is 0.852. The molecule has 2 aliphatic heterocycles. The SMILES string of the molecule is O=C(O)C1CCCN(C(=O)[C@H]2Cc3ccccc3CN2)C1. The van der Waals surface area contributed by atoms with E-state index in [9.17, 15) is 9.59 Å². The number of carboxylic acids is 1. The van der Waals surface area contributed by atoms with Gasteiger partial charge in [0.1, 0.15) is 0 Å². The van der Waals surface area contributed by atoms with E-state index in [0.717, 1.165) is 6.42 Å². The van der Waals surface area contributed by atoms with Crippen LogP contribution in [0, 0.1) is 5.92 Å². The Morgan fingerprint density at radius 2 is 2.00 bits per heavy atom. The van der Waals surface area contributed by atoms with Gasteiger partial charge in [0.2, 0.25) is 5.91 Å². The highest BCUT2D eigenvalue weighted by Crippen LogP contribution is 2.21. The first-order valence-corrected chi connectivity index (χ1v) is 7.47. The maximum atomic E-state index is 12.6. The summed E-state index contributed by atoms with van der Waals surface area (Å²) in [5, 5.41) is 12.4. The van der Waals surface area contributed by atoms with Crippen LogP contribution in [0.2, 0.25) is 0 Å². The molecule has 0 radical (unpaired) electrons. The molecule has 1 aromatic rings. The van der Waals surface area contributed by atoms with Crippen LogP contribution < -0.4 is 5.32 Å². The Labute approximate surface area is 123 Å². The second-order valence-corrected chi connectivity index (χ2v) is 5.87. The highest BCUT2D eigenvalue weighted by Gasteiger charge is 2.33.